The summed E-state index contributed by atoms with van der Waals surface area (Å²) in [6.07, 6.45) is 0.790. The summed E-state index contributed by atoms with van der Waals surface area (Å²) in [6, 6.07) is 2.69. The molecule has 100 valence electrons. The lowest BCUT2D eigenvalue weighted by molar-refractivity contribution is 0.0898. The Morgan fingerprint density at radius 1 is 1.56 bits per heavy atom. The van der Waals surface area contributed by atoms with E-state index in [9.17, 15) is 9.59 Å². The van der Waals surface area contributed by atoms with Crippen LogP contribution in [-0.2, 0) is 11.3 Å². The van der Waals surface area contributed by atoms with Crippen molar-refractivity contribution in [2.24, 2.45) is 0 Å². The number of carbonyl (C=O) groups excluding carboxylic acids is 1. The van der Waals surface area contributed by atoms with Crippen molar-refractivity contribution in [1.82, 2.24) is 15.1 Å². The molecule has 0 aliphatic carbocycles. The number of nitrogens with one attached hydrogen (secondary N) is 1. The van der Waals surface area contributed by atoms with Crippen LogP contribution >= 0.6 is 0 Å². The van der Waals surface area contributed by atoms with Crippen LogP contribution in [0.1, 0.15) is 30.8 Å². The molecular weight excluding hydrogens is 234 g/mol. The van der Waals surface area contributed by atoms with E-state index in [1.807, 2.05) is 13.8 Å². The molecule has 6 heteroatoms. The first-order chi connectivity index (χ1) is 8.58. The number of methoxy groups -OCH3 is 1. The molecule has 1 amide bonds. The quantitative estimate of drug-likeness (QED) is 0.797. The van der Waals surface area contributed by atoms with Gasteiger partial charge in [0, 0.05) is 25.8 Å². The Labute approximate surface area is 106 Å². The van der Waals surface area contributed by atoms with E-state index in [1.165, 1.54) is 16.8 Å². The van der Waals surface area contributed by atoms with Crippen molar-refractivity contribution in [2.75, 3.05) is 13.7 Å². The number of rotatable bonds is 6. The number of ether oxygens (including phenoxy) is 1. The molecule has 18 heavy (non-hydrogen) atoms. The van der Waals surface area contributed by atoms with Crippen molar-refractivity contribution >= 4 is 5.91 Å². The molecule has 0 saturated carbocycles. The van der Waals surface area contributed by atoms with Crippen molar-refractivity contribution in [1.29, 1.82) is 0 Å². The van der Waals surface area contributed by atoms with Gasteiger partial charge in [0.15, 0.2) is 0 Å². The number of hydrogen-bond acceptors (Lipinski definition) is 4. The van der Waals surface area contributed by atoms with Gasteiger partial charge >= 0.3 is 0 Å². The molecule has 1 rings (SSSR count). The highest BCUT2D eigenvalue weighted by atomic mass is 16.5. The molecule has 1 atom stereocenters. The molecule has 0 aliphatic heterocycles. The predicted molar refractivity (Wildman–Crippen MR) is 67.6 cm³/mol. The zero-order valence-electron chi connectivity index (χ0n) is 11.0. The Morgan fingerprint density at radius 2 is 2.28 bits per heavy atom. The molecule has 0 saturated heterocycles. The highest BCUT2D eigenvalue weighted by Gasteiger charge is 2.12. The number of aromatic nitrogens is 2. The van der Waals surface area contributed by atoms with Crippen LogP contribution < -0.4 is 10.9 Å². The first-order valence-electron chi connectivity index (χ1n) is 5.96. The predicted octanol–water partition coefficient (Wildman–Crippen LogP) is 0.418. The Morgan fingerprint density at radius 3 is 2.89 bits per heavy atom. The highest BCUT2D eigenvalue weighted by Crippen LogP contribution is 1.94. The molecule has 1 N–H and O–H groups in total. The fourth-order valence-electron chi connectivity index (χ4n) is 1.53. The second-order valence-corrected chi connectivity index (χ2v) is 4.11. The number of amides is 1. The molecule has 0 radical (unpaired) electrons. The Hall–Kier alpha value is -1.69. The van der Waals surface area contributed by atoms with E-state index in [0.29, 0.717) is 13.2 Å². The van der Waals surface area contributed by atoms with Gasteiger partial charge in [-0.3, -0.25) is 9.59 Å². The summed E-state index contributed by atoms with van der Waals surface area (Å²) in [4.78, 5) is 23.3. The maximum absolute atomic E-state index is 11.9. The topological polar surface area (TPSA) is 73.2 Å². The van der Waals surface area contributed by atoms with E-state index in [4.69, 9.17) is 4.74 Å². The van der Waals surface area contributed by atoms with Crippen LogP contribution in [0.3, 0.4) is 0 Å². The first-order valence-corrected chi connectivity index (χ1v) is 5.96. The molecule has 1 aromatic heterocycles. The molecule has 0 bridgehead atoms. The number of carbonyl (C=O) groups is 1. The minimum Gasteiger partial charge on any atom is -0.383 e. The minimum absolute atomic E-state index is 0.101. The highest BCUT2D eigenvalue weighted by molar-refractivity contribution is 5.92. The summed E-state index contributed by atoms with van der Waals surface area (Å²) in [5.41, 5.74) is 0.0457. The van der Waals surface area contributed by atoms with Gasteiger partial charge in [-0.25, -0.2) is 4.68 Å². The van der Waals surface area contributed by atoms with Crippen LogP contribution in [-0.4, -0.2) is 35.4 Å². The average Bonchev–Trinajstić information content (AvgIpc) is 2.32. The second kappa shape index (κ2) is 6.90. The molecule has 0 fully saturated rings. The largest absolute Gasteiger partial charge is 0.383 e. The van der Waals surface area contributed by atoms with Gasteiger partial charge in [0.2, 0.25) is 0 Å². The second-order valence-electron chi connectivity index (χ2n) is 4.11. The summed E-state index contributed by atoms with van der Waals surface area (Å²) in [5, 5.41) is 6.77. The standard InChI is InChI=1S/C12H19N3O3/c1-4-7-15-11(16)6-5-10(14-15)12(17)13-9(2)8-18-3/h5-6,9H,4,7-8H2,1-3H3,(H,13,17)/t9-/m0/s1. The number of aryl methyl sites for hydroxylation is 1. The van der Waals surface area contributed by atoms with E-state index in [0.717, 1.165) is 6.42 Å². The van der Waals surface area contributed by atoms with Gasteiger partial charge in [-0.2, -0.15) is 5.10 Å². The lowest BCUT2D eigenvalue weighted by Gasteiger charge is -2.12. The third-order valence-electron chi connectivity index (χ3n) is 2.33. The average molecular weight is 253 g/mol. The van der Waals surface area contributed by atoms with Gasteiger partial charge in [0.05, 0.1) is 6.61 Å². The molecule has 1 heterocycles. The fraction of sp³-hybridized carbons (Fsp3) is 0.583. The SMILES string of the molecule is CCCn1nc(C(=O)N[C@@H](C)COC)ccc1=O. The van der Waals surface area contributed by atoms with Gasteiger partial charge in [0.1, 0.15) is 5.69 Å². The van der Waals surface area contributed by atoms with Gasteiger partial charge in [-0.1, -0.05) is 6.92 Å². The first kappa shape index (κ1) is 14.4. The molecule has 0 unspecified atom stereocenters. The number of hydrogen-bond donors (Lipinski definition) is 1. The van der Waals surface area contributed by atoms with Gasteiger partial charge in [-0.15, -0.1) is 0 Å². The molecule has 1 aromatic rings. The van der Waals surface area contributed by atoms with Crippen LogP contribution in [0, 0.1) is 0 Å². The lowest BCUT2D eigenvalue weighted by atomic mass is 10.3. The molecule has 6 nitrogen and oxygen atoms in total. The third kappa shape index (κ3) is 3.96. The Bertz CT molecular complexity index is 456. The molecular formula is C12H19N3O3. The Balaban J connectivity index is 2.80. The van der Waals surface area contributed by atoms with E-state index < -0.39 is 0 Å². The monoisotopic (exact) mass is 253 g/mol. The van der Waals surface area contributed by atoms with E-state index >= 15 is 0 Å². The van der Waals surface area contributed by atoms with Gasteiger partial charge in [-0.05, 0) is 19.4 Å². The van der Waals surface area contributed by atoms with E-state index in [-0.39, 0.29) is 23.2 Å². The zero-order chi connectivity index (χ0) is 13.5. The third-order valence-corrected chi connectivity index (χ3v) is 2.33. The Kier molecular flexibility index (Phi) is 5.51. The van der Waals surface area contributed by atoms with Crippen molar-refractivity contribution in [3.8, 4) is 0 Å². The maximum Gasteiger partial charge on any atom is 0.272 e. The summed E-state index contributed by atoms with van der Waals surface area (Å²) in [5.74, 6) is -0.301. The zero-order valence-corrected chi connectivity index (χ0v) is 11.0. The fourth-order valence-corrected chi connectivity index (χ4v) is 1.53. The summed E-state index contributed by atoms with van der Waals surface area (Å²) >= 11 is 0. The minimum atomic E-state index is -0.301. The van der Waals surface area contributed by atoms with Crippen molar-refractivity contribution in [2.45, 2.75) is 32.9 Å². The van der Waals surface area contributed by atoms with E-state index in [2.05, 4.69) is 10.4 Å². The maximum atomic E-state index is 11.9. The van der Waals surface area contributed by atoms with Crippen LogP contribution in [0.2, 0.25) is 0 Å². The normalized spacial score (nSPS) is 12.2. The van der Waals surface area contributed by atoms with Crippen LogP contribution in [0.15, 0.2) is 16.9 Å². The van der Waals surface area contributed by atoms with Gasteiger partial charge in [0.25, 0.3) is 11.5 Å². The van der Waals surface area contributed by atoms with Crippen molar-refractivity contribution in [3.63, 3.8) is 0 Å². The molecule has 0 aromatic carbocycles. The lowest BCUT2D eigenvalue weighted by Crippen LogP contribution is -2.37. The summed E-state index contributed by atoms with van der Waals surface area (Å²) < 4.78 is 6.23. The molecule has 0 spiro atoms. The van der Waals surface area contributed by atoms with Crippen LogP contribution in [0.25, 0.3) is 0 Å². The van der Waals surface area contributed by atoms with Crippen LogP contribution in [0.4, 0.5) is 0 Å². The van der Waals surface area contributed by atoms with Crippen LogP contribution in [0.5, 0.6) is 0 Å². The summed E-state index contributed by atoms with van der Waals surface area (Å²) in [6.45, 7) is 4.72. The van der Waals surface area contributed by atoms with Crippen molar-refractivity contribution < 1.29 is 9.53 Å². The summed E-state index contributed by atoms with van der Waals surface area (Å²) in [7, 11) is 1.57. The van der Waals surface area contributed by atoms with Gasteiger partial charge < -0.3 is 10.1 Å². The smallest absolute Gasteiger partial charge is 0.272 e. The van der Waals surface area contributed by atoms with Crippen molar-refractivity contribution in [3.05, 3.63) is 28.2 Å². The molecule has 0 aliphatic rings. The number of nitrogens with zero attached hydrogens (tertiary/aromatic N) is 2. The van der Waals surface area contributed by atoms with E-state index in [1.54, 1.807) is 7.11 Å².